The predicted octanol–water partition coefficient (Wildman–Crippen LogP) is 3.55. The van der Waals surface area contributed by atoms with Crippen LogP contribution in [0.25, 0.3) is 0 Å². The van der Waals surface area contributed by atoms with Gasteiger partial charge in [-0.15, -0.1) is 10.2 Å². The summed E-state index contributed by atoms with van der Waals surface area (Å²) < 4.78 is 16.1. The van der Waals surface area contributed by atoms with Gasteiger partial charge in [-0.25, -0.2) is 0 Å². The second kappa shape index (κ2) is 10.6. The van der Waals surface area contributed by atoms with Crippen LogP contribution in [0.15, 0.2) is 46.8 Å². The van der Waals surface area contributed by atoms with E-state index in [4.69, 9.17) is 14.2 Å². The maximum absolute atomic E-state index is 12.5. The molecule has 0 aliphatic carbocycles. The third kappa shape index (κ3) is 6.09. The minimum Gasteiger partial charge on any atom is -0.497 e. The number of nitrogens with one attached hydrogen (secondary N) is 2. The molecule has 2 N–H and O–H groups in total. The highest BCUT2D eigenvalue weighted by molar-refractivity contribution is 8.01. The fourth-order valence-corrected chi connectivity index (χ4v) is 4.04. The van der Waals surface area contributed by atoms with Crippen molar-refractivity contribution in [3.63, 3.8) is 0 Å². The second-order valence-corrected chi connectivity index (χ2v) is 8.17. The van der Waals surface area contributed by atoms with Gasteiger partial charge in [-0.2, -0.15) is 0 Å². The maximum atomic E-state index is 12.5. The van der Waals surface area contributed by atoms with Gasteiger partial charge in [-0.05, 0) is 30.3 Å². The van der Waals surface area contributed by atoms with Crippen molar-refractivity contribution in [3.05, 3.63) is 48.0 Å². The van der Waals surface area contributed by atoms with Gasteiger partial charge in [0.05, 0.1) is 27.1 Å². The third-order valence-corrected chi connectivity index (χ3v) is 5.92. The lowest BCUT2D eigenvalue weighted by Gasteiger charge is -2.08. The maximum Gasteiger partial charge on any atom is 0.257 e. The quantitative estimate of drug-likeness (QED) is 0.368. The summed E-state index contributed by atoms with van der Waals surface area (Å²) in [5.41, 5.74) is 1.03. The Morgan fingerprint density at radius 3 is 2.52 bits per heavy atom. The van der Waals surface area contributed by atoms with Crippen molar-refractivity contribution in [2.75, 3.05) is 37.7 Å². The van der Waals surface area contributed by atoms with Crippen LogP contribution < -0.4 is 24.8 Å². The van der Waals surface area contributed by atoms with Gasteiger partial charge in [-0.3, -0.25) is 14.9 Å². The first-order valence-electron chi connectivity index (χ1n) is 8.96. The number of anilines is 2. The van der Waals surface area contributed by atoms with Crippen molar-refractivity contribution in [2.24, 2.45) is 0 Å². The van der Waals surface area contributed by atoms with Gasteiger partial charge in [0.25, 0.3) is 5.91 Å². The number of thioether (sulfide) groups is 1. The molecule has 0 fully saturated rings. The van der Waals surface area contributed by atoms with Crippen LogP contribution in [-0.4, -0.2) is 49.1 Å². The number of nitrogens with zero attached hydrogens (tertiary/aromatic N) is 2. The van der Waals surface area contributed by atoms with Gasteiger partial charge in [-0.1, -0.05) is 29.2 Å². The van der Waals surface area contributed by atoms with Crippen LogP contribution in [0.5, 0.6) is 17.2 Å². The molecule has 2 aromatic carbocycles. The second-order valence-electron chi connectivity index (χ2n) is 5.97. The van der Waals surface area contributed by atoms with Crippen molar-refractivity contribution in [3.8, 4) is 17.2 Å². The summed E-state index contributed by atoms with van der Waals surface area (Å²) in [6.07, 6.45) is 0. The Bertz CT molecular complexity index is 1070. The molecule has 0 atom stereocenters. The van der Waals surface area contributed by atoms with Crippen LogP contribution in [0.1, 0.15) is 10.4 Å². The first-order valence-corrected chi connectivity index (χ1v) is 10.8. The molecule has 0 bridgehead atoms. The Morgan fingerprint density at radius 1 is 0.968 bits per heavy atom. The summed E-state index contributed by atoms with van der Waals surface area (Å²) in [4.78, 5) is 24.6. The van der Waals surface area contributed by atoms with Crippen LogP contribution >= 0.6 is 23.1 Å². The SMILES string of the molecule is COc1cccc(NC(=O)CSc2nnc(NC(=O)c3ccc(OC)c(OC)c3)s2)c1. The molecule has 0 aliphatic heterocycles. The largest absolute Gasteiger partial charge is 0.497 e. The number of ether oxygens (including phenoxy) is 3. The number of aromatic nitrogens is 2. The Hall–Kier alpha value is -3.31. The zero-order chi connectivity index (χ0) is 22.2. The van der Waals surface area contributed by atoms with Gasteiger partial charge in [0, 0.05) is 17.3 Å². The minimum atomic E-state index is -0.357. The van der Waals surface area contributed by atoms with E-state index in [-0.39, 0.29) is 17.6 Å². The first kappa shape index (κ1) is 22.4. The van der Waals surface area contributed by atoms with E-state index in [1.165, 1.54) is 37.3 Å². The Balaban J connectivity index is 1.54. The summed E-state index contributed by atoms with van der Waals surface area (Å²) in [5, 5.41) is 13.8. The Labute approximate surface area is 187 Å². The molecule has 3 aromatic rings. The van der Waals surface area contributed by atoms with Gasteiger partial charge in [0.2, 0.25) is 11.0 Å². The molecule has 11 heteroatoms. The van der Waals surface area contributed by atoms with E-state index in [0.29, 0.717) is 38.0 Å². The molecule has 1 heterocycles. The molecular formula is C20H20N4O5S2. The minimum absolute atomic E-state index is 0.148. The van der Waals surface area contributed by atoms with E-state index in [1.54, 1.807) is 49.6 Å². The van der Waals surface area contributed by atoms with E-state index in [0.717, 1.165) is 0 Å². The number of amides is 2. The molecule has 0 saturated heterocycles. The van der Waals surface area contributed by atoms with Crippen molar-refractivity contribution in [1.29, 1.82) is 0 Å². The predicted molar refractivity (Wildman–Crippen MR) is 120 cm³/mol. The van der Waals surface area contributed by atoms with E-state index in [9.17, 15) is 9.59 Å². The molecule has 9 nitrogen and oxygen atoms in total. The lowest BCUT2D eigenvalue weighted by molar-refractivity contribution is -0.113. The van der Waals surface area contributed by atoms with Gasteiger partial charge < -0.3 is 19.5 Å². The number of methoxy groups -OCH3 is 3. The topological polar surface area (TPSA) is 112 Å². The molecule has 0 radical (unpaired) electrons. The van der Waals surface area contributed by atoms with Crippen LogP contribution in [0.3, 0.4) is 0 Å². The summed E-state index contributed by atoms with van der Waals surface area (Å²) >= 11 is 2.41. The van der Waals surface area contributed by atoms with Gasteiger partial charge in [0.15, 0.2) is 15.8 Å². The molecule has 0 aliphatic rings. The van der Waals surface area contributed by atoms with Crippen molar-refractivity contribution in [1.82, 2.24) is 10.2 Å². The number of hydrogen-bond donors (Lipinski definition) is 2. The summed E-state index contributed by atoms with van der Waals surface area (Å²) in [5.74, 6) is 1.24. The smallest absolute Gasteiger partial charge is 0.257 e. The number of benzene rings is 2. The lowest BCUT2D eigenvalue weighted by atomic mass is 10.2. The van der Waals surface area contributed by atoms with E-state index in [1.807, 2.05) is 0 Å². The third-order valence-electron chi connectivity index (χ3n) is 3.95. The molecule has 2 amide bonds. The zero-order valence-corrected chi connectivity index (χ0v) is 18.6. The molecule has 0 spiro atoms. The summed E-state index contributed by atoms with van der Waals surface area (Å²) in [7, 11) is 4.58. The van der Waals surface area contributed by atoms with Gasteiger partial charge >= 0.3 is 0 Å². The van der Waals surface area contributed by atoms with E-state index >= 15 is 0 Å². The average Bonchev–Trinajstić information content (AvgIpc) is 3.24. The standard InChI is InChI=1S/C20H20N4O5S2/c1-27-14-6-4-5-13(10-14)21-17(25)11-30-20-24-23-19(31-20)22-18(26)12-7-8-15(28-2)16(9-12)29-3/h4-10H,11H2,1-3H3,(H,21,25)(H,22,23,26). The van der Waals surface area contributed by atoms with Crippen molar-refractivity contribution in [2.45, 2.75) is 4.34 Å². The number of rotatable bonds is 9. The van der Waals surface area contributed by atoms with E-state index < -0.39 is 0 Å². The fraction of sp³-hybridized carbons (Fsp3) is 0.200. The molecule has 162 valence electrons. The summed E-state index contributed by atoms with van der Waals surface area (Å²) in [6, 6.07) is 11.9. The van der Waals surface area contributed by atoms with Crippen LogP contribution in [0.4, 0.5) is 10.8 Å². The van der Waals surface area contributed by atoms with Crippen LogP contribution in [-0.2, 0) is 4.79 Å². The Kier molecular flexibility index (Phi) is 7.68. The monoisotopic (exact) mass is 460 g/mol. The molecule has 0 unspecified atom stereocenters. The summed E-state index contributed by atoms with van der Waals surface area (Å²) in [6.45, 7) is 0. The molecule has 31 heavy (non-hydrogen) atoms. The average molecular weight is 461 g/mol. The van der Waals surface area contributed by atoms with Crippen LogP contribution in [0, 0.1) is 0 Å². The van der Waals surface area contributed by atoms with Crippen molar-refractivity contribution < 1.29 is 23.8 Å². The molecule has 1 aromatic heterocycles. The Morgan fingerprint density at radius 2 is 1.77 bits per heavy atom. The molecule has 3 rings (SSSR count). The normalized spacial score (nSPS) is 10.3. The fourth-order valence-electron chi connectivity index (χ4n) is 2.49. The number of carbonyl (C=O) groups is 2. The number of carbonyl (C=O) groups excluding carboxylic acids is 2. The highest BCUT2D eigenvalue weighted by atomic mass is 32.2. The van der Waals surface area contributed by atoms with E-state index in [2.05, 4.69) is 20.8 Å². The first-order chi connectivity index (χ1) is 15.0. The van der Waals surface area contributed by atoms with Gasteiger partial charge in [0.1, 0.15) is 5.75 Å². The highest BCUT2D eigenvalue weighted by Crippen LogP contribution is 2.29. The van der Waals surface area contributed by atoms with Crippen molar-refractivity contribution >= 4 is 45.7 Å². The lowest BCUT2D eigenvalue weighted by Crippen LogP contribution is -2.13. The van der Waals surface area contributed by atoms with Crippen LogP contribution in [0.2, 0.25) is 0 Å². The highest BCUT2D eigenvalue weighted by Gasteiger charge is 2.14. The number of hydrogen-bond acceptors (Lipinski definition) is 9. The molecular weight excluding hydrogens is 440 g/mol. The zero-order valence-electron chi connectivity index (χ0n) is 17.0. The molecule has 0 saturated carbocycles.